The van der Waals surface area contributed by atoms with E-state index in [4.69, 9.17) is 0 Å². The molecule has 126 valence electrons. The van der Waals surface area contributed by atoms with E-state index >= 15 is 0 Å². The monoisotopic (exact) mass is 304 g/mol. The highest BCUT2D eigenvalue weighted by Gasteiger charge is 2.38. The molecule has 4 aliphatic rings. The standard InChI is InChI=1S/C20H36N2/c1-15(18-9-10-18)22-13-17(11-16-7-8-16)12-20(14-22)21-19-5-3-2-4-6-19/h15-21H,2-14H2,1H3. The van der Waals surface area contributed by atoms with E-state index in [1.54, 1.807) is 0 Å². The van der Waals surface area contributed by atoms with E-state index in [9.17, 15) is 0 Å². The lowest BCUT2D eigenvalue weighted by Gasteiger charge is -2.43. The maximum absolute atomic E-state index is 4.08. The van der Waals surface area contributed by atoms with Crippen LogP contribution in [0.4, 0.5) is 0 Å². The Morgan fingerprint density at radius 3 is 2.32 bits per heavy atom. The van der Waals surface area contributed by atoms with Crippen LogP contribution in [0.1, 0.15) is 77.6 Å². The first-order valence-electron chi connectivity index (χ1n) is 10.3. The van der Waals surface area contributed by atoms with Crippen LogP contribution in [0.3, 0.4) is 0 Å². The zero-order valence-electron chi connectivity index (χ0n) is 14.6. The maximum atomic E-state index is 4.08. The van der Waals surface area contributed by atoms with E-state index in [1.165, 1.54) is 83.7 Å². The van der Waals surface area contributed by atoms with Crippen molar-refractivity contribution < 1.29 is 0 Å². The molecular weight excluding hydrogens is 268 g/mol. The van der Waals surface area contributed by atoms with Gasteiger partial charge in [-0.05, 0) is 63.2 Å². The van der Waals surface area contributed by atoms with Gasteiger partial charge < -0.3 is 5.32 Å². The van der Waals surface area contributed by atoms with Gasteiger partial charge in [0, 0.05) is 31.2 Å². The molecule has 0 aromatic heterocycles. The summed E-state index contributed by atoms with van der Waals surface area (Å²) in [5.74, 6) is 3.09. The second-order valence-corrected chi connectivity index (χ2v) is 9.01. The van der Waals surface area contributed by atoms with Crippen LogP contribution in [0.15, 0.2) is 0 Å². The smallest absolute Gasteiger partial charge is 0.0200 e. The van der Waals surface area contributed by atoms with Gasteiger partial charge in [-0.15, -0.1) is 0 Å². The van der Waals surface area contributed by atoms with Crippen LogP contribution in [-0.2, 0) is 0 Å². The number of piperidine rings is 1. The molecule has 4 fully saturated rings. The fourth-order valence-corrected chi connectivity index (χ4v) is 5.17. The average molecular weight is 305 g/mol. The van der Waals surface area contributed by atoms with E-state index in [1.807, 2.05) is 0 Å². The average Bonchev–Trinajstić information content (AvgIpc) is 3.41. The summed E-state index contributed by atoms with van der Waals surface area (Å²) in [7, 11) is 0. The molecule has 0 radical (unpaired) electrons. The minimum atomic E-state index is 0.779. The van der Waals surface area contributed by atoms with E-state index in [0.717, 1.165) is 35.9 Å². The molecule has 22 heavy (non-hydrogen) atoms. The maximum Gasteiger partial charge on any atom is 0.0200 e. The second-order valence-electron chi connectivity index (χ2n) is 9.01. The van der Waals surface area contributed by atoms with Crippen molar-refractivity contribution in [3.8, 4) is 0 Å². The first-order chi connectivity index (χ1) is 10.8. The summed E-state index contributed by atoms with van der Waals surface area (Å²) in [5, 5.41) is 4.08. The summed E-state index contributed by atoms with van der Waals surface area (Å²) in [5.41, 5.74) is 0. The number of hydrogen-bond acceptors (Lipinski definition) is 2. The summed E-state index contributed by atoms with van der Waals surface area (Å²) in [4.78, 5) is 2.87. The summed E-state index contributed by atoms with van der Waals surface area (Å²) in [6, 6.07) is 2.45. The normalized spacial score (nSPS) is 36.4. The summed E-state index contributed by atoms with van der Waals surface area (Å²) >= 11 is 0. The van der Waals surface area contributed by atoms with Gasteiger partial charge in [0.15, 0.2) is 0 Å². The molecule has 3 unspecified atom stereocenters. The van der Waals surface area contributed by atoms with Crippen molar-refractivity contribution in [3.05, 3.63) is 0 Å². The van der Waals surface area contributed by atoms with Crippen molar-refractivity contribution in [1.29, 1.82) is 0 Å². The third kappa shape index (κ3) is 4.06. The lowest BCUT2D eigenvalue weighted by atomic mass is 9.87. The first kappa shape index (κ1) is 15.4. The Hall–Kier alpha value is -0.0800. The van der Waals surface area contributed by atoms with Crippen molar-refractivity contribution in [1.82, 2.24) is 10.2 Å². The quantitative estimate of drug-likeness (QED) is 0.791. The Bertz CT molecular complexity index is 355. The van der Waals surface area contributed by atoms with Crippen LogP contribution in [0, 0.1) is 17.8 Å². The Morgan fingerprint density at radius 1 is 0.864 bits per heavy atom. The molecule has 3 atom stereocenters. The fraction of sp³-hybridized carbons (Fsp3) is 1.00. The lowest BCUT2D eigenvalue weighted by Crippen LogP contribution is -2.54. The van der Waals surface area contributed by atoms with Crippen LogP contribution in [0.25, 0.3) is 0 Å². The van der Waals surface area contributed by atoms with Gasteiger partial charge in [-0.2, -0.15) is 0 Å². The van der Waals surface area contributed by atoms with E-state index in [2.05, 4.69) is 17.1 Å². The van der Waals surface area contributed by atoms with Gasteiger partial charge in [0.1, 0.15) is 0 Å². The largest absolute Gasteiger partial charge is 0.310 e. The Balaban J connectivity index is 1.35. The van der Waals surface area contributed by atoms with Crippen molar-refractivity contribution in [2.24, 2.45) is 17.8 Å². The molecular formula is C20H36N2. The third-order valence-electron chi connectivity index (χ3n) is 6.89. The van der Waals surface area contributed by atoms with Crippen molar-refractivity contribution in [3.63, 3.8) is 0 Å². The van der Waals surface area contributed by atoms with Gasteiger partial charge in [0.2, 0.25) is 0 Å². The number of hydrogen-bond donors (Lipinski definition) is 1. The molecule has 0 spiro atoms. The highest BCUT2D eigenvalue weighted by molar-refractivity contribution is 4.94. The molecule has 2 heteroatoms. The van der Waals surface area contributed by atoms with Gasteiger partial charge in [-0.3, -0.25) is 4.90 Å². The zero-order valence-corrected chi connectivity index (χ0v) is 14.6. The van der Waals surface area contributed by atoms with Gasteiger partial charge >= 0.3 is 0 Å². The van der Waals surface area contributed by atoms with Crippen LogP contribution in [0.5, 0.6) is 0 Å². The summed E-state index contributed by atoms with van der Waals surface area (Å²) in [6.07, 6.45) is 16.3. The van der Waals surface area contributed by atoms with Gasteiger partial charge in [0.05, 0.1) is 0 Å². The fourth-order valence-electron chi connectivity index (χ4n) is 5.17. The number of likely N-dealkylation sites (tertiary alicyclic amines) is 1. The molecule has 0 aromatic rings. The molecule has 1 heterocycles. The van der Waals surface area contributed by atoms with Gasteiger partial charge in [0.25, 0.3) is 0 Å². The molecule has 1 aliphatic heterocycles. The number of nitrogens with zero attached hydrogens (tertiary/aromatic N) is 1. The molecule has 3 saturated carbocycles. The highest BCUT2D eigenvalue weighted by atomic mass is 15.2. The highest BCUT2D eigenvalue weighted by Crippen LogP contribution is 2.40. The molecule has 1 saturated heterocycles. The predicted molar refractivity (Wildman–Crippen MR) is 93.0 cm³/mol. The molecule has 1 N–H and O–H groups in total. The van der Waals surface area contributed by atoms with Gasteiger partial charge in [-0.1, -0.05) is 32.1 Å². The van der Waals surface area contributed by atoms with Crippen LogP contribution < -0.4 is 5.32 Å². The van der Waals surface area contributed by atoms with Crippen LogP contribution >= 0.6 is 0 Å². The van der Waals surface area contributed by atoms with Crippen molar-refractivity contribution in [2.45, 2.75) is 95.7 Å². The minimum Gasteiger partial charge on any atom is -0.310 e. The summed E-state index contributed by atoms with van der Waals surface area (Å²) < 4.78 is 0. The minimum absolute atomic E-state index is 0.779. The van der Waals surface area contributed by atoms with E-state index in [0.29, 0.717) is 0 Å². The number of rotatable bonds is 6. The topological polar surface area (TPSA) is 15.3 Å². The van der Waals surface area contributed by atoms with Gasteiger partial charge in [-0.25, -0.2) is 0 Å². The SMILES string of the molecule is CC(C1CC1)N1CC(CC2CC2)CC(NC2CCCCC2)C1. The van der Waals surface area contributed by atoms with E-state index in [-0.39, 0.29) is 0 Å². The van der Waals surface area contributed by atoms with E-state index < -0.39 is 0 Å². The van der Waals surface area contributed by atoms with Crippen LogP contribution in [-0.4, -0.2) is 36.1 Å². The molecule has 0 amide bonds. The molecule has 0 aromatic carbocycles. The Morgan fingerprint density at radius 2 is 1.64 bits per heavy atom. The summed E-state index contributed by atoms with van der Waals surface area (Å²) in [6.45, 7) is 5.24. The first-order valence-corrected chi connectivity index (χ1v) is 10.3. The Kier molecular flexibility index (Phi) is 4.78. The lowest BCUT2D eigenvalue weighted by molar-refractivity contribution is 0.0823. The molecule has 3 aliphatic carbocycles. The second kappa shape index (κ2) is 6.81. The predicted octanol–water partition coefficient (Wildman–Crippen LogP) is 4.20. The van der Waals surface area contributed by atoms with Crippen molar-refractivity contribution in [2.75, 3.05) is 13.1 Å². The Labute approximate surface area is 137 Å². The van der Waals surface area contributed by atoms with Crippen LogP contribution in [0.2, 0.25) is 0 Å². The third-order valence-corrected chi connectivity index (χ3v) is 6.89. The molecule has 2 nitrogen and oxygen atoms in total. The van der Waals surface area contributed by atoms with Crippen molar-refractivity contribution >= 4 is 0 Å². The molecule has 0 bridgehead atoms. The number of nitrogens with one attached hydrogen (secondary N) is 1. The zero-order chi connectivity index (χ0) is 14.9. The molecule has 4 rings (SSSR count).